The number of methoxy groups -OCH3 is 2. The Labute approximate surface area is 187 Å². The first-order chi connectivity index (χ1) is 15.7. The van der Waals surface area contributed by atoms with Crippen molar-refractivity contribution in [3.8, 4) is 11.5 Å². The summed E-state index contributed by atoms with van der Waals surface area (Å²) in [6.45, 7) is 0.282. The van der Waals surface area contributed by atoms with Gasteiger partial charge in [0.2, 0.25) is 0 Å². The number of morpholine rings is 1. The normalized spacial score (nSPS) is 25.1. The van der Waals surface area contributed by atoms with E-state index >= 15 is 0 Å². The molecule has 1 unspecified atom stereocenters. The maximum absolute atomic E-state index is 13.0. The van der Waals surface area contributed by atoms with Crippen LogP contribution in [-0.4, -0.2) is 37.7 Å². The smallest absolute Gasteiger partial charge is 0.326 e. The molecular weight excluding hydrogens is 406 g/mol. The van der Waals surface area contributed by atoms with E-state index in [1.165, 1.54) is 0 Å². The predicted octanol–water partition coefficient (Wildman–Crippen LogP) is 4.44. The molecule has 4 atom stereocenters. The van der Waals surface area contributed by atoms with Crippen molar-refractivity contribution in [1.82, 2.24) is 4.90 Å². The fourth-order valence-corrected chi connectivity index (χ4v) is 4.54. The minimum atomic E-state index is -0.561. The molecule has 2 saturated heterocycles. The molecule has 164 valence electrons. The van der Waals surface area contributed by atoms with E-state index in [4.69, 9.17) is 18.9 Å². The lowest BCUT2D eigenvalue weighted by Crippen LogP contribution is -2.49. The largest absolute Gasteiger partial charge is 0.497 e. The summed E-state index contributed by atoms with van der Waals surface area (Å²) in [6.07, 6.45) is -0.872. The van der Waals surface area contributed by atoms with Crippen molar-refractivity contribution >= 4 is 5.97 Å². The van der Waals surface area contributed by atoms with Crippen LogP contribution in [0.15, 0.2) is 78.9 Å². The minimum absolute atomic E-state index is 0.116. The van der Waals surface area contributed by atoms with Gasteiger partial charge in [-0.2, -0.15) is 0 Å². The van der Waals surface area contributed by atoms with Crippen molar-refractivity contribution < 1.29 is 23.7 Å². The molecule has 0 aromatic heterocycles. The summed E-state index contributed by atoms with van der Waals surface area (Å²) in [6, 6.07) is 24.9. The summed E-state index contributed by atoms with van der Waals surface area (Å²) < 4.78 is 22.9. The van der Waals surface area contributed by atoms with Crippen molar-refractivity contribution in [2.24, 2.45) is 0 Å². The van der Waals surface area contributed by atoms with E-state index in [1.807, 2.05) is 66.7 Å². The second-order valence-electron chi connectivity index (χ2n) is 7.90. The van der Waals surface area contributed by atoms with E-state index in [-0.39, 0.29) is 18.6 Å². The quantitative estimate of drug-likeness (QED) is 0.557. The van der Waals surface area contributed by atoms with E-state index in [2.05, 4.69) is 17.0 Å². The number of ether oxygens (including phenoxy) is 4. The van der Waals surface area contributed by atoms with Gasteiger partial charge in [0.05, 0.1) is 20.3 Å². The average Bonchev–Trinajstić information content (AvgIpc) is 3.26. The summed E-state index contributed by atoms with van der Waals surface area (Å²) in [5.74, 6) is 1.25. The summed E-state index contributed by atoms with van der Waals surface area (Å²) in [4.78, 5) is 15.2. The molecule has 2 aliphatic heterocycles. The van der Waals surface area contributed by atoms with Crippen LogP contribution < -0.4 is 9.47 Å². The van der Waals surface area contributed by atoms with E-state index < -0.39 is 18.4 Å². The highest BCUT2D eigenvalue weighted by atomic mass is 16.6. The predicted molar refractivity (Wildman–Crippen MR) is 118 cm³/mol. The van der Waals surface area contributed by atoms with Gasteiger partial charge in [-0.25, -0.2) is 4.90 Å². The van der Waals surface area contributed by atoms with E-state index in [9.17, 15) is 4.79 Å². The second-order valence-corrected chi connectivity index (χ2v) is 7.90. The van der Waals surface area contributed by atoms with Gasteiger partial charge >= 0.3 is 5.97 Å². The highest BCUT2D eigenvalue weighted by Gasteiger charge is 2.54. The number of carbonyl (C=O) groups is 1. The van der Waals surface area contributed by atoms with E-state index in [0.717, 1.165) is 28.2 Å². The van der Waals surface area contributed by atoms with Gasteiger partial charge in [0, 0.05) is 0 Å². The molecule has 32 heavy (non-hydrogen) atoms. The monoisotopic (exact) mass is 431 g/mol. The Balaban J connectivity index is 1.58. The Hall–Kier alpha value is -3.35. The van der Waals surface area contributed by atoms with Gasteiger partial charge in [0.25, 0.3) is 0 Å². The molecule has 0 bridgehead atoms. The van der Waals surface area contributed by atoms with E-state index in [0.29, 0.717) is 0 Å². The molecule has 0 N–H and O–H groups in total. The van der Waals surface area contributed by atoms with Crippen LogP contribution in [-0.2, 0) is 14.3 Å². The summed E-state index contributed by atoms with van der Waals surface area (Å²) in [7, 11) is 3.27. The Kier molecular flexibility index (Phi) is 5.55. The van der Waals surface area contributed by atoms with Crippen molar-refractivity contribution in [2.45, 2.75) is 24.4 Å². The minimum Gasteiger partial charge on any atom is -0.497 e. The summed E-state index contributed by atoms with van der Waals surface area (Å²) in [5.41, 5.74) is 2.95. The van der Waals surface area contributed by atoms with Crippen LogP contribution in [0.2, 0.25) is 0 Å². The first-order valence-electron chi connectivity index (χ1n) is 10.6. The third-order valence-electron chi connectivity index (χ3n) is 6.17. The lowest BCUT2D eigenvalue weighted by molar-refractivity contribution is -0.163. The fourth-order valence-electron chi connectivity index (χ4n) is 4.54. The van der Waals surface area contributed by atoms with Crippen LogP contribution in [0.25, 0.3) is 0 Å². The van der Waals surface area contributed by atoms with Crippen molar-refractivity contribution in [3.63, 3.8) is 0 Å². The Morgan fingerprint density at radius 2 is 1.38 bits per heavy atom. The fraction of sp³-hybridized carbons (Fsp3) is 0.269. The molecule has 0 amide bonds. The van der Waals surface area contributed by atoms with Gasteiger partial charge in [0.15, 0.2) is 0 Å². The molecule has 2 fully saturated rings. The van der Waals surface area contributed by atoms with Gasteiger partial charge in [-0.3, -0.25) is 4.79 Å². The number of cyclic esters (lactones) is 1. The van der Waals surface area contributed by atoms with Gasteiger partial charge in [-0.05, 0) is 41.0 Å². The molecule has 0 radical (unpaired) electrons. The van der Waals surface area contributed by atoms with Crippen LogP contribution in [0.3, 0.4) is 0 Å². The Morgan fingerprint density at radius 1 is 0.781 bits per heavy atom. The molecule has 0 spiro atoms. The van der Waals surface area contributed by atoms with Crippen molar-refractivity contribution in [2.75, 3.05) is 20.8 Å². The van der Waals surface area contributed by atoms with Crippen LogP contribution in [0.5, 0.6) is 11.5 Å². The number of carbonyl (C=O) groups excluding carboxylic acids is 1. The number of hydrogen-bond donors (Lipinski definition) is 0. The third kappa shape index (κ3) is 3.61. The lowest BCUT2D eigenvalue weighted by Gasteiger charge is -2.39. The van der Waals surface area contributed by atoms with Crippen LogP contribution >= 0.6 is 0 Å². The number of fused-ring (bicyclic) bond motifs is 1. The highest BCUT2D eigenvalue weighted by molar-refractivity contribution is 5.78. The molecule has 5 rings (SSSR count). The number of esters is 1. The van der Waals surface area contributed by atoms with Gasteiger partial charge in [-0.1, -0.05) is 54.6 Å². The molecule has 0 aliphatic carbocycles. The van der Waals surface area contributed by atoms with E-state index in [1.54, 1.807) is 14.2 Å². The third-order valence-corrected chi connectivity index (χ3v) is 6.17. The Morgan fingerprint density at radius 3 is 1.97 bits per heavy atom. The highest BCUT2D eigenvalue weighted by Crippen LogP contribution is 2.49. The standard InChI is InChI=1S/C26H25NO5/c1-29-20-12-8-18(9-13-20)24-23-26(28)31-16-22(17-6-4-3-5-7-17)27(23)25(32-24)19-10-14-21(30-2)15-11-19/h3-15,22-25H,16H2,1-2H3/t22-,23?,24-,25+/m1/s1. The first kappa shape index (κ1) is 20.5. The first-order valence-corrected chi connectivity index (χ1v) is 10.6. The molecule has 3 aromatic rings. The Bertz CT molecular complexity index is 1070. The molecule has 6 nitrogen and oxygen atoms in total. The molecule has 2 heterocycles. The molecule has 3 aromatic carbocycles. The van der Waals surface area contributed by atoms with Gasteiger partial charge in [0.1, 0.15) is 36.5 Å². The van der Waals surface area contributed by atoms with Crippen LogP contribution in [0.4, 0.5) is 0 Å². The molecular formula is C26H25NO5. The van der Waals surface area contributed by atoms with Gasteiger partial charge in [-0.15, -0.1) is 0 Å². The summed E-state index contributed by atoms with van der Waals surface area (Å²) in [5, 5.41) is 0. The average molecular weight is 431 g/mol. The zero-order chi connectivity index (χ0) is 22.1. The van der Waals surface area contributed by atoms with Crippen molar-refractivity contribution in [1.29, 1.82) is 0 Å². The zero-order valence-corrected chi connectivity index (χ0v) is 18.0. The second kappa shape index (κ2) is 8.65. The number of hydrogen-bond acceptors (Lipinski definition) is 6. The maximum Gasteiger partial charge on any atom is 0.326 e. The molecule has 0 saturated carbocycles. The topological polar surface area (TPSA) is 57.2 Å². The van der Waals surface area contributed by atoms with Gasteiger partial charge < -0.3 is 18.9 Å². The summed E-state index contributed by atoms with van der Waals surface area (Å²) >= 11 is 0. The maximum atomic E-state index is 13.0. The lowest BCUT2D eigenvalue weighted by atomic mass is 9.96. The number of benzene rings is 3. The SMILES string of the molecule is COc1ccc([C@H]2O[C@@H](c3ccc(OC)cc3)N3C2C(=O)OC[C@@H]3c2ccccc2)cc1. The van der Waals surface area contributed by atoms with Crippen LogP contribution in [0, 0.1) is 0 Å². The zero-order valence-electron chi connectivity index (χ0n) is 18.0. The van der Waals surface area contributed by atoms with Crippen LogP contribution in [0.1, 0.15) is 35.1 Å². The van der Waals surface area contributed by atoms with Crippen molar-refractivity contribution in [3.05, 3.63) is 95.6 Å². The number of rotatable bonds is 5. The number of nitrogens with zero attached hydrogens (tertiary/aromatic N) is 1. The molecule has 6 heteroatoms. The molecule has 2 aliphatic rings.